The molecule has 0 aliphatic heterocycles. The van der Waals surface area contributed by atoms with Crippen LogP contribution in [0.2, 0.25) is 0 Å². The van der Waals surface area contributed by atoms with Crippen molar-refractivity contribution in [2.45, 2.75) is 26.7 Å². The molecule has 1 amide bonds. The van der Waals surface area contributed by atoms with Crippen LogP contribution < -0.4 is 14.8 Å². The molecule has 23 heavy (non-hydrogen) atoms. The second-order valence-corrected chi connectivity index (χ2v) is 5.60. The summed E-state index contributed by atoms with van der Waals surface area (Å²) in [5, 5.41) is 11.9. The monoisotopic (exact) mass is 380 g/mol. The third-order valence-electron chi connectivity index (χ3n) is 3.03. The van der Waals surface area contributed by atoms with E-state index in [1.165, 1.54) is 6.08 Å². The van der Waals surface area contributed by atoms with Crippen molar-refractivity contribution in [2.75, 3.05) is 20.3 Å². The highest BCUT2D eigenvalue weighted by Crippen LogP contribution is 2.37. The summed E-state index contributed by atoms with van der Waals surface area (Å²) in [6.07, 6.45) is 3.40. The number of nitrogens with one attached hydrogen (secondary N) is 1. The number of carbonyl (C=O) groups excluding carboxylic acids is 1. The lowest BCUT2D eigenvalue weighted by molar-refractivity contribution is -0.117. The van der Waals surface area contributed by atoms with Crippen molar-refractivity contribution < 1.29 is 14.3 Å². The molecule has 1 rings (SSSR count). The van der Waals surface area contributed by atoms with Gasteiger partial charge in [-0.05, 0) is 53.0 Å². The van der Waals surface area contributed by atoms with E-state index < -0.39 is 0 Å². The van der Waals surface area contributed by atoms with Crippen LogP contribution in [0, 0.1) is 11.3 Å². The molecule has 0 aromatic heterocycles. The minimum absolute atomic E-state index is 0.0561. The molecule has 6 heteroatoms. The van der Waals surface area contributed by atoms with Crippen molar-refractivity contribution in [3.63, 3.8) is 0 Å². The average Bonchev–Trinajstić information content (AvgIpc) is 2.53. The van der Waals surface area contributed by atoms with Gasteiger partial charge in [-0.2, -0.15) is 5.26 Å². The molecule has 1 aromatic rings. The van der Waals surface area contributed by atoms with Gasteiger partial charge < -0.3 is 14.8 Å². The van der Waals surface area contributed by atoms with Gasteiger partial charge in [-0.1, -0.05) is 13.3 Å². The summed E-state index contributed by atoms with van der Waals surface area (Å²) < 4.78 is 11.5. The number of carbonyl (C=O) groups is 1. The fourth-order valence-corrected chi connectivity index (χ4v) is 2.54. The standard InChI is InChI=1S/C17H21BrN2O3/c1-4-6-7-20-17(21)13(11-19)8-12-9-14(18)16(22-3)15(10-12)23-5-2/h8-10H,4-7H2,1-3H3,(H,20,21)/b13-8+. The Morgan fingerprint density at radius 1 is 1.43 bits per heavy atom. The highest BCUT2D eigenvalue weighted by Gasteiger charge is 2.13. The molecule has 0 unspecified atom stereocenters. The van der Waals surface area contributed by atoms with Gasteiger partial charge in [0.1, 0.15) is 11.6 Å². The first-order valence-electron chi connectivity index (χ1n) is 7.47. The molecule has 0 atom stereocenters. The summed E-state index contributed by atoms with van der Waals surface area (Å²) in [4.78, 5) is 12.0. The van der Waals surface area contributed by atoms with Gasteiger partial charge in [0.25, 0.3) is 5.91 Å². The minimum Gasteiger partial charge on any atom is -0.492 e. The topological polar surface area (TPSA) is 71.4 Å². The number of amides is 1. The molecule has 5 nitrogen and oxygen atoms in total. The maximum Gasteiger partial charge on any atom is 0.261 e. The SMILES string of the molecule is CCCCNC(=O)/C(C#N)=C/c1cc(Br)c(OC)c(OCC)c1. The lowest BCUT2D eigenvalue weighted by atomic mass is 10.1. The number of nitrogens with zero attached hydrogens (tertiary/aromatic N) is 1. The summed E-state index contributed by atoms with van der Waals surface area (Å²) in [5.41, 5.74) is 0.740. The Morgan fingerprint density at radius 3 is 2.74 bits per heavy atom. The maximum atomic E-state index is 12.0. The number of hydrogen-bond acceptors (Lipinski definition) is 4. The summed E-state index contributed by atoms with van der Waals surface area (Å²) >= 11 is 3.41. The number of hydrogen-bond donors (Lipinski definition) is 1. The van der Waals surface area contributed by atoms with Crippen LogP contribution in [-0.4, -0.2) is 26.2 Å². The van der Waals surface area contributed by atoms with E-state index in [9.17, 15) is 10.1 Å². The van der Waals surface area contributed by atoms with Crippen LogP contribution in [0.1, 0.15) is 32.3 Å². The molecule has 0 heterocycles. The first-order chi connectivity index (χ1) is 11.1. The second kappa shape index (κ2) is 9.90. The molecule has 0 saturated heterocycles. The van der Waals surface area contributed by atoms with Crippen molar-refractivity contribution in [3.8, 4) is 17.6 Å². The molecule has 0 spiro atoms. The highest BCUT2D eigenvalue weighted by atomic mass is 79.9. The van der Waals surface area contributed by atoms with Gasteiger partial charge in [-0.3, -0.25) is 4.79 Å². The molecule has 1 aromatic carbocycles. The van der Waals surface area contributed by atoms with Crippen LogP contribution in [0.15, 0.2) is 22.2 Å². The van der Waals surface area contributed by atoms with E-state index in [1.54, 1.807) is 19.2 Å². The molecule has 0 fully saturated rings. The van der Waals surface area contributed by atoms with Gasteiger partial charge in [-0.15, -0.1) is 0 Å². The zero-order chi connectivity index (χ0) is 17.2. The minimum atomic E-state index is -0.370. The molecule has 0 radical (unpaired) electrons. The Labute approximate surface area is 145 Å². The van der Waals surface area contributed by atoms with E-state index in [1.807, 2.05) is 19.9 Å². The van der Waals surface area contributed by atoms with Gasteiger partial charge >= 0.3 is 0 Å². The van der Waals surface area contributed by atoms with E-state index in [0.29, 0.717) is 34.7 Å². The Kier molecular flexibility index (Phi) is 8.20. The predicted octanol–water partition coefficient (Wildman–Crippen LogP) is 3.68. The van der Waals surface area contributed by atoms with Crippen LogP contribution in [0.4, 0.5) is 0 Å². The molecule has 124 valence electrons. The number of benzene rings is 1. The second-order valence-electron chi connectivity index (χ2n) is 4.75. The predicted molar refractivity (Wildman–Crippen MR) is 93.4 cm³/mol. The van der Waals surface area contributed by atoms with Gasteiger partial charge in [0.05, 0.1) is 18.2 Å². The molecule has 0 bridgehead atoms. The van der Waals surface area contributed by atoms with Crippen LogP contribution in [0.5, 0.6) is 11.5 Å². The number of halogens is 1. The van der Waals surface area contributed by atoms with Gasteiger partial charge in [-0.25, -0.2) is 0 Å². The zero-order valence-corrected chi connectivity index (χ0v) is 15.2. The molecule has 0 aliphatic carbocycles. The first-order valence-corrected chi connectivity index (χ1v) is 8.26. The van der Waals surface area contributed by atoms with Crippen molar-refractivity contribution in [1.29, 1.82) is 5.26 Å². The largest absolute Gasteiger partial charge is 0.492 e. The number of ether oxygens (including phenoxy) is 2. The number of unbranched alkanes of at least 4 members (excludes halogenated alkanes) is 1. The fourth-order valence-electron chi connectivity index (χ4n) is 1.92. The summed E-state index contributed by atoms with van der Waals surface area (Å²) in [7, 11) is 1.56. The normalized spacial score (nSPS) is 10.8. The third kappa shape index (κ3) is 5.61. The summed E-state index contributed by atoms with van der Waals surface area (Å²) in [6.45, 7) is 4.96. The highest BCUT2D eigenvalue weighted by molar-refractivity contribution is 9.10. The lowest BCUT2D eigenvalue weighted by Crippen LogP contribution is -2.25. The van der Waals surface area contributed by atoms with Crippen molar-refractivity contribution >= 4 is 27.9 Å². The molecular weight excluding hydrogens is 360 g/mol. The van der Waals surface area contributed by atoms with Crippen molar-refractivity contribution in [1.82, 2.24) is 5.32 Å². The Hall–Kier alpha value is -2.00. The van der Waals surface area contributed by atoms with Crippen LogP contribution in [0.25, 0.3) is 6.08 Å². The van der Waals surface area contributed by atoms with E-state index in [4.69, 9.17) is 9.47 Å². The average molecular weight is 381 g/mol. The number of rotatable bonds is 8. The molecule has 0 saturated carbocycles. The summed E-state index contributed by atoms with van der Waals surface area (Å²) in [6, 6.07) is 5.45. The van der Waals surface area contributed by atoms with Gasteiger partial charge in [0.15, 0.2) is 11.5 Å². The zero-order valence-electron chi connectivity index (χ0n) is 13.6. The van der Waals surface area contributed by atoms with E-state index in [2.05, 4.69) is 21.2 Å². The fraction of sp³-hybridized carbons (Fsp3) is 0.412. The van der Waals surface area contributed by atoms with Crippen LogP contribution >= 0.6 is 15.9 Å². The first kappa shape index (κ1) is 19.0. The van der Waals surface area contributed by atoms with E-state index in [-0.39, 0.29) is 11.5 Å². The Balaban J connectivity index is 3.08. The van der Waals surface area contributed by atoms with Crippen LogP contribution in [-0.2, 0) is 4.79 Å². The number of nitriles is 1. The smallest absolute Gasteiger partial charge is 0.261 e. The van der Waals surface area contributed by atoms with Crippen molar-refractivity contribution in [3.05, 3.63) is 27.7 Å². The van der Waals surface area contributed by atoms with E-state index >= 15 is 0 Å². The molecule has 0 aliphatic rings. The van der Waals surface area contributed by atoms with Crippen LogP contribution in [0.3, 0.4) is 0 Å². The van der Waals surface area contributed by atoms with Gasteiger partial charge in [0, 0.05) is 6.54 Å². The quantitative estimate of drug-likeness (QED) is 0.424. The Bertz CT molecular complexity index is 621. The maximum absolute atomic E-state index is 12.0. The van der Waals surface area contributed by atoms with E-state index in [0.717, 1.165) is 12.8 Å². The lowest BCUT2D eigenvalue weighted by Gasteiger charge is -2.12. The molecular formula is C17H21BrN2O3. The number of methoxy groups -OCH3 is 1. The molecule has 1 N–H and O–H groups in total. The van der Waals surface area contributed by atoms with Crippen molar-refractivity contribution in [2.24, 2.45) is 0 Å². The third-order valence-corrected chi connectivity index (χ3v) is 3.62. The Morgan fingerprint density at radius 2 is 2.17 bits per heavy atom. The van der Waals surface area contributed by atoms with Gasteiger partial charge in [0.2, 0.25) is 0 Å². The summed E-state index contributed by atoms with van der Waals surface area (Å²) in [5.74, 6) is 0.764.